The maximum atomic E-state index is 6.42. The van der Waals surface area contributed by atoms with Gasteiger partial charge in [0, 0.05) is 12.1 Å². The maximum Gasteiger partial charge on any atom is 0.121 e. The molecule has 0 amide bonds. The lowest BCUT2D eigenvalue weighted by atomic mass is 9.95. The highest BCUT2D eigenvalue weighted by Crippen LogP contribution is 2.31. The van der Waals surface area contributed by atoms with Gasteiger partial charge in [0.1, 0.15) is 5.75 Å². The molecular formula is C16H26N2O. The minimum absolute atomic E-state index is 0.232. The second-order valence-electron chi connectivity index (χ2n) is 5.46. The van der Waals surface area contributed by atoms with Gasteiger partial charge in [-0.3, -0.25) is 4.90 Å². The molecule has 0 saturated carbocycles. The van der Waals surface area contributed by atoms with E-state index in [0.29, 0.717) is 6.04 Å². The monoisotopic (exact) mass is 262 g/mol. The zero-order valence-electron chi connectivity index (χ0n) is 12.4. The Morgan fingerprint density at radius 2 is 2.16 bits per heavy atom. The number of ether oxygens (including phenoxy) is 1. The van der Waals surface area contributed by atoms with E-state index in [0.717, 1.165) is 25.3 Å². The Hall–Kier alpha value is -1.06. The molecule has 2 rings (SSSR count). The van der Waals surface area contributed by atoms with Crippen molar-refractivity contribution in [2.75, 3.05) is 20.2 Å². The summed E-state index contributed by atoms with van der Waals surface area (Å²) in [6.07, 6.45) is 3.61. The molecular weight excluding hydrogens is 236 g/mol. The maximum absolute atomic E-state index is 6.42. The fraction of sp³-hybridized carbons (Fsp3) is 0.625. The zero-order chi connectivity index (χ0) is 13.8. The molecule has 0 bridgehead atoms. The van der Waals surface area contributed by atoms with Gasteiger partial charge in [-0.25, -0.2) is 0 Å². The van der Waals surface area contributed by atoms with Crippen LogP contribution in [0.1, 0.15) is 43.4 Å². The lowest BCUT2D eigenvalue weighted by Crippen LogP contribution is -2.39. The molecule has 1 saturated heterocycles. The Bertz CT molecular complexity index is 419. The number of likely N-dealkylation sites (N-methyl/N-ethyl adjacent to an activating group) is 1. The number of likely N-dealkylation sites (tertiary alicyclic amines) is 1. The van der Waals surface area contributed by atoms with Crippen molar-refractivity contribution in [1.82, 2.24) is 4.90 Å². The van der Waals surface area contributed by atoms with Crippen LogP contribution < -0.4 is 10.5 Å². The Kier molecular flexibility index (Phi) is 4.83. The topological polar surface area (TPSA) is 38.5 Å². The van der Waals surface area contributed by atoms with Crippen molar-refractivity contribution in [2.45, 2.75) is 45.2 Å². The number of rotatable bonds is 3. The fourth-order valence-corrected chi connectivity index (χ4v) is 3.16. The van der Waals surface area contributed by atoms with Gasteiger partial charge in [0.05, 0.1) is 7.11 Å². The molecule has 2 N–H and O–H groups in total. The van der Waals surface area contributed by atoms with E-state index in [1.54, 1.807) is 7.11 Å². The number of hydrogen-bond donors (Lipinski definition) is 1. The molecule has 0 radical (unpaired) electrons. The van der Waals surface area contributed by atoms with E-state index in [2.05, 4.69) is 36.9 Å². The van der Waals surface area contributed by atoms with Gasteiger partial charge in [-0.05, 0) is 50.0 Å². The molecule has 2 unspecified atom stereocenters. The van der Waals surface area contributed by atoms with Crippen LogP contribution in [0.4, 0.5) is 0 Å². The van der Waals surface area contributed by atoms with E-state index < -0.39 is 0 Å². The van der Waals surface area contributed by atoms with Gasteiger partial charge in [-0.15, -0.1) is 0 Å². The molecule has 0 spiro atoms. The normalized spacial score (nSPS) is 25.1. The average Bonchev–Trinajstić information content (AvgIpc) is 2.60. The molecule has 1 aliphatic heterocycles. The molecule has 1 aromatic rings. The Morgan fingerprint density at radius 3 is 2.79 bits per heavy atom. The van der Waals surface area contributed by atoms with Crippen LogP contribution in [0.3, 0.4) is 0 Å². The number of hydrogen-bond acceptors (Lipinski definition) is 3. The summed E-state index contributed by atoms with van der Waals surface area (Å²) in [5.74, 6) is 0.953. The first-order chi connectivity index (χ1) is 9.17. The second-order valence-corrected chi connectivity index (χ2v) is 5.46. The minimum atomic E-state index is 0.232. The first-order valence-electron chi connectivity index (χ1n) is 7.31. The van der Waals surface area contributed by atoms with Crippen molar-refractivity contribution < 1.29 is 4.74 Å². The Balaban J connectivity index is 2.32. The molecule has 19 heavy (non-hydrogen) atoms. The van der Waals surface area contributed by atoms with Gasteiger partial charge in [0.2, 0.25) is 0 Å². The number of aryl methyl sites for hydroxylation is 1. The smallest absolute Gasteiger partial charge is 0.121 e. The van der Waals surface area contributed by atoms with Crippen molar-refractivity contribution >= 4 is 0 Å². The molecule has 1 fully saturated rings. The summed E-state index contributed by atoms with van der Waals surface area (Å²) in [5, 5.41) is 0. The zero-order valence-corrected chi connectivity index (χ0v) is 12.4. The Morgan fingerprint density at radius 1 is 1.37 bits per heavy atom. The van der Waals surface area contributed by atoms with Crippen LogP contribution in [0.25, 0.3) is 0 Å². The van der Waals surface area contributed by atoms with Crippen LogP contribution in [-0.4, -0.2) is 31.1 Å². The molecule has 3 heteroatoms. The predicted octanol–water partition coefficient (Wildman–Crippen LogP) is 2.88. The van der Waals surface area contributed by atoms with Crippen LogP contribution in [0.2, 0.25) is 0 Å². The van der Waals surface area contributed by atoms with Gasteiger partial charge < -0.3 is 10.5 Å². The van der Waals surface area contributed by atoms with E-state index in [1.807, 2.05) is 0 Å². The third-order valence-corrected chi connectivity index (χ3v) is 4.20. The highest BCUT2D eigenvalue weighted by Gasteiger charge is 2.28. The van der Waals surface area contributed by atoms with Gasteiger partial charge >= 0.3 is 0 Å². The fourth-order valence-electron chi connectivity index (χ4n) is 3.16. The van der Waals surface area contributed by atoms with Crippen molar-refractivity contribution in [3.05, 3.63) is 29.3 Å². The van der Waals surface area contributed by atoms with E-state index in [4.69, 9.17) is 10.5 Å². The lowest BCUT2D eigenvalue weighted by molar-refractivity contribution is 0.195. The Labute approximate surface area is 116 Å². The summed E-state index contributed by atoms with van der Waals surface area (Å²) in [7, 11) is 1.72. The molecule has 2 atom stereocenters. The van der Waals surface area contributed by atoms with Crippen LogP contribution in [0, 0.1) is 6.92 Å². The summed E-state index contributed by atoms with van der Waals surface area (Å²) < 4.78 is 5.35. The van der Waals surface area contributed by atoms with Crippen LogP contribution >= 0.6 is 0 Å². The van der Waals surface area contributed by atoms with E-state index >= 15 is 0 Å². The SMILES string of the molecule is CCN1CCCCC(N)C1c1ccc(OC)c(C)c1. The average molecular weight is 262 g/mol. The van der Waals surface area contributed by atoms with Crippen LogP contribution in [-0.2, 0) is 0 Å². The molecule has 1 heterocycles. The van der Waals surface area contributed by atoms with E-state index in [-0.39, 0.29) is 6.04 Å². The quantitative estimate of drug-likeness (QED) is 0.910. The number of methoxy groups -OCH3 is 1. The summed E-state index contributed by atoms with van der Waals surface area (Å²) in [5.41, 5.74) is 8.94. The third kappa shape index (κ3) is 3.10. The standard InChI is InChI=1S/C16H26N2O/c1-4-18-10-6-5-7-14(17)16(18)13-8-9-15(19-3)12(2)11-13/h8-9,11,14,16H,4-7,10,17H2,1-3H3. The van der Waals surface area contributed by atoms with E-state index in [9.17, 15) is 0 Å². The molecule has 1 aromatic carbocycles. The van der Waals surface area contributed by atoms with Gasteiger partial charge in [-0.1, -0.05) is 25.5 Å². The largest absolute Gasteiger partial charge is 0.496 e. The van der Waals surface area contributed by atoms with Gasteiger partial charge in [0.25, 0.3) is 0 Å². The first kappa shape index (κ1) is 14.4. The minimum Gasteiger partial charge on any atom is -0.496 e. The first-order valence-corrected chi connectivity index (χ1v) is 7.31. The lowest BCUT2D eigenvalue weighted by Gasteiger charge is -2.33. The van der Waals surface area contributed by atoms with Crippen LogP contribution in [0.15, 0.2) is 18.2 Å². The van der Waals surface area contributed by atoms with E-state index in [1.165, 1.54) is 24.0 Å². The van der Waals surface area contributed by atoms with Crippen molar-refractivity contribution in [2.24, 2.45) is 5.73 Å². The highest BCUT2D eigenvalue weighted by molar-refractivity contribution is 5.38. The molecule has 3 nitrogen and oxygen atoms in total. The molecule has 0 aliphatic carbocycles. The van der Waals surface area contributed by atoms with Crippen molar-refractivity contribution in [3.63, 3.8) is 0 Å². The van der Waals surface area contributed by atoms with Crippen LogP contribution in [0.5, 0.6) is 5.75 Å². The number of nitrogens with zero attached hydrogens (tertiary/aromatic N) is 1. The van der Waals surface area contributed by atoms with Crippen molar-refractivity contribution in [1.29, 1.82) is 0 Å². The number of benzene rings is 1. The molecule has 106 valence electrons. The summed E-state index contributed by atoms with van der Waals surface area (Å²) >= 11 is 0. The number of nitrogens with two attached hydrogens (primary N) is 1. The predicted molar refractivity (Wildman–Crippen MR) is 79.5 cm³/mol. The summed E-state index contributed by atoms with van der Waals surface area (Å²) in [6.45, 7) is 6.53. The second kappa shape index (κ2) is 6.40. The van der Waals surface area contributed by atoms with Crippen molar-refractivity contribution in [3.8, 4) is 5.75 Å². The summed E-state index contributed by atoms with van der Waals surface area (Å²) in [4.78, 5) is 2.51. The summed E-state index contributed by atoms with van der Waals surface area (Å²) in [6, 6.07) is 7.05. The molecule has 1 aliphatic rings. The molecule has 0 aromatic heterocycles. The van der Waals surface area contributed by atoms with Gasteiger partial charge in [0.15, 0.2) is 0 Å². The third-order valence-electron chi connectivity index (χ3n) is 4.20. The highest BCUT2D eigenvalue weighted by atomic mass is 16.5. The van der Waals surface area contributed by atoms with Gasteiger partial charge in [-0.2, -0.15) is 0 Å².